The zero-order chi connectivity index (χ0) is 44.9. The number of esters is 2. The first-order chi connectivity index (χ1) is 29.6. The number of carbonyl (C=O) groups excluding carboxylic acids is 2. The molecule has 0 aliphatic carbocycles. The summed E-state index contributed by atoms with van der Waals surface area (Å²) in [4.78, 5) is 37.2. The van der Waals surface area contributed by atoms with Crippen molar-refractivity contribution in [2.75, 3.05) is 41.0 Å². The number of quaternary nitrogens is 1. The molecule has 0 amide bonds. The molecule has 61 heavy (non-hydrogen) atoms. The second-order valence-corrected chi connectivity index (χ2v) is 19.1. The molecular formula is C53H102NO7+. The highest BCUT2D eigenvalue weighted by atomic mass is 16.6. The predicted molar refractivity (Wildman–Crippen MR) is 257 cm³/mol. The molecule has 0 aromatic heterocycles. The molecule has 360 valence electrons. The Morgan fingerprint density at radius 3 is 1.18 bits per heavy atom. The smallest absolute Gasteiger partial charge is 0.362 e. The molecule has 1 N–H and O–H groups in total. The molecule has 0 aliphatic heterocycles. The fraction of sp³-hybridized carbons (Fsp3) is 0.906. The molecule has 0 aromatic rings. The second-order valence-electron chi connectivity index (χ2n) is 19.1. The highest BCUT2D eigenvalue weighted by Gasteiger charge is 2.31. The lowest BCUT2D eigenvalue weighted by Gasteiger charge is -2.31. The number of carbonyl (C=O) groups is 3. The van der Waals surface area contributed by atoms with Crippen molar-refractivity contribution in [2.24, 2.45) is 0 Å². The first-order valence-electron chi connectivity index (χ1n) is 26.2. The van der Waals surface area contributed by atoms with Gasteiger partial charge in [0.1, 0.15) is 6.61 Å². The number of rotatable bonds is 48. The monoisotopic (exact) mass is 865 g/mol. The fourth-order valence-corrected chi connectivity index (χ4v) is 8.09. The van der Waals surface area contributed by atoms with Crippen molar-refractivity contribution in [1.82, 2.24) is 0 Å². The van der Waals surface area contributed by atoms with Gasteiger partial charge in [0.2, 0.25) is 0 Å². The highest BCUT2D eigenvalue weighted by molar-refractivity contribution is 5.72. The van der Waals surface area contributed by atoms with E-state index in [4.69, 9.17) is 14.2 Å². The molecular weight excluding hydrogens is 763 g/mol. The number of nitrogens with zero attached hydrogens (tertiary/aromatic N) is 1. The molecule has 0 aromatic carbocycles. The van der Waals surface area contributed by atoms with E-state index in [0.29, 0.717) is 19.3 Å². The Balaban J connectivity index is 4.20. The average molecular weight is 865 g/mol. The number of likely N-dealkylation sites (N-methyl/N-ethyl adjacent to an activating group) is 1. The summed E-state index contributed by atoms with van der Waals surface area (Å²) in [7, 11) is 5.55. The van der Waals surface area contributed by atoms with E-state index >= 15 is 0 Å². The van der Waals surface area contributed by atoms with Gasteiger partial charge in [-0.15, -0.1) is 0 Å². The zero-order valence-corrected chi connectivity index (χ0v) is 41.1. The van der Waals surface area contributed by atoms with Crippen molar-refractivity contribution in [2.45, 2.75) is 270 Å². The predicted octanol–water partition coefficient (Wildman–Crippen LogP) is 15.0. The van der Waals surface area contributed by atoms with Crippen molar-refractivity contribution in [3.63, 3.8) is 0 Å². The number of allylic oxidation sites excluding steroid dienone is 2. The van der Waals surface area contributed by atoms with Gasteiger partial charge in [-0.1, -0.05) is 212 Å². The minimum atomic E-state index is -0.871. The highest BCUT2D eigenvalue weighted by Crippen LogP contribution is 2.17. The van der Waals surface area contributed by atoms with Gasteiger partial charge in [-0.05, 0) is 38.5 Å². The first kappa shape index (κ1) is 59.1. The van der Waals surface area contributed by atoms with Crippen LogP contribution in [0.3, 0.4) is 0 Å². The maximum atomic E-state index is 12.8. The van der Waals surface area contributed by atoms with E-state index < -0.39 is 18.1 Å². The molecule has 0 rings (SSSR count). The molecule has 0 radical (unpaired) electrons. The Morgan fingerprint density at radius 1 is 0.475 bits per heavy atom. The molecule has 2 atom stereocenters. The summed E-state index contributed by atoms with van der Waals surface area (Å²) in [5, 5.41) is 9.65. The first-order valence-corrected chi connectivity index (χ1v) is 26.2. The lowest BCUT2D eigenvalue weighted by atomic mass is 10.0. The fourth-order valence-electron chi connectivity index (χ4n) is 8.09. The van der Waals surface area contributed by atoms with Gasteiger partial charge in [-0.25, -0.2) is 4.79 Å². The number of ether oxygens (including phenoxy) is 3. The van der Waals surface area contributed by atoms with E-state index in [0.717, 1.165) is 38.5 Å². The average Bonchev–Trinajstić information content (AvgIpc) is 3.22. The Hall–Kier alpha value is -1.93. The molecule has 0 spiro atoms. The van der Waals surface area contributed by atoms with Gasteiger partial charge in [0.15, 0.2) is 12.1 Å². The van der Waals surface area contributed by atoms with Gasteiger partial charge < -0.3 is 23.8 Å². The SMILES string of the molecule is CCCCCCCCCCC/C=C/CCCCCCCCCC(=O)OCC(COCCC(C(=O)O)[N+](C)(C)C)OC(=O)CCCCCCCCCCCCCCCCCCC. The number of carboxylic acid groups (broad SMARTS) is 1. The third-order valence-corrected chi connectivity index (χ3v) is 12.2. The van der Waals surface area contributed by atoms with Crippen LogP contribution in [0.25, 0.3) is 0 Å². The van der Waals surface area contributed by atoms with Crippen LogP contribution in [0.15, 0.2) is 12.2 Å². The van der Waals surface area contributed by atoms with Crippen molar-refractivity contribution in [3.05, 3.63) is 12.2 Å². The van der Waals surface area contributed by atoms with Gasteiger partial charge in [0, 0.05) is 19.3 Å². The molecule has 8 heteroatoms. The molecule has 0 aliphatic rings. The molecule has 0 saturated heterocycles. The van der Waals surface area contributed by atoms with Crippen LogP contribution in [0.5, 0.6) is 0 Å². The minimum absolute atomic E-state index is 0.0467. The summed E-state index contributed by atoms with van der Waals surface area (Å²) in [6, 6.07) is -0.611. The largest absolute Gasteiger partial charge is 0.477 e. The van der Waals surface area contributed by atoms with Crippen molar-refractivity contribution in [1.29, 1.82) is 0 Å². The van der Waals surface area contributed by atoms with E-state index in [9.17, 15) is 19.5 Å². The van der Waals surface area contributed by atoms with Crippen LogP contribution >= 0.6 is 0 Å². The number of carboxylic acids is 1. The quantitative estimate of drug-likeness (QED) is 0.0281. The van der Waals surface area contributed by atoms with E-state index in [2.05, 4.69) is 26.0 Å². The van der Waals surface area contributed by atoms with Gasteiger partial charge in [0.25, 0.3) is 0 Å². The summed E-state index contributed by atoms with van der Waals surface area (Å²) < 4.78 is 17.4. The van der Waals surface area contributed by atoms with Crippen molar-refractivity contribution >= 4 is 17.9 Å². The van der Waals surface area contributed by atoms with E-state index in [1.54, 1.807) is 0 Å². The van der Waals surface area contributed by atoms with Crippen LogP contribution in [0.4, 0.5) is 0 Å². The maximum absolute atomic E-state index is 12.8. The van der Waals surface area contributed by atoms with E-state index in [1.165, 1.54) is 186 Å². The standard InChI is InChI=1S/C53H101NO7/c1-6-8-10-12-14-16-18-20-22-24-25-26-28-29-31-33-35-37-39-41-43-51(55)60-48-49(47-59-46-45-50(53(57)58)54(3,4)5)61-52(56)44-42-40-38-36-34-32-30-27-23-21-19-17-15-13-11-9-7-2/h25-26,49-50H,6-24,27-48H2,1-5H3/p+1/b26-25+. The van der Waals surface area contributed by atoms with Crippen LogP contribution in [0.1, 0.15) is 258 Å². The minimum Gasteiger partial charge on any atom is -0.477 e. The van der Waals surface area contributed by atoms with Gasteiger partial charge in [-0.2, -0.15) is 0 Å². The summed E-state index contributed by atoms with van der Waals surface area (Å²) in [5.74, 6) is -1.45. The lowest BCUT2D eigenvalue weighted by molar-refractivity contribution is -0.887. The summed E-state index contributed by atoms with van der Waals surface area (Å²) >= 11 is 0. The lowest BCUT2D eigenvalue weighted by Crippen LogP contribution is -2.50. The van der Waals surface area contributed by atoms with Crippen molar-refractivity contribution < 1.29 is 38.2 Å². The summed E-state index contributed by atoms with van der Waals surface area (Å²) in [6.45, 7) is 4.78. The normalized spacial score (nSPS) is 12.9. The molecule has 0 heterocycles. The van der Waals surface area contributed by atoms with E-state index in [1.807, 2.05) is 21.1 Å². The number of unbranched alkanes of at least 4 members (excludes halogenated alkanes) is 32. The molecule has 8 nitrogen and oxygen atoms in total. The Labute approximate surface area is 378 Å². The molecule has 0 fully saturated rings. The number of aliphatic carboxylic acids is 1. The summed E-state index contributed by atoms with van der Waals surface area (Å²) in [5.41, 5.74) is 0. The Kier molecular flexibility index (Phi) is 43.3. The topological polar surface area (TPSA) is 99.1 Å². The Morgan fingerprint density at radius 2 is 0.820 bits per heavy atom. The van der Waals surface area contributed by atoms with Crippen LogP contribution in [-0.2, 0) is 28.6 Å². The van der Waals surface area contributed by atoms with Gasteiger partial charge >= 0.3 is 17.9 Å². The van der Waals surface area contributed by atoms with Gasteiger partial charge in [0.05, 0.1) is 34.4 Å². The van der Waals surface area contributed by atoms with E-state index in [-0.39, 0.29) is 36.2 Å². The van der Waals surface area contributed by atoms with Crippen LogP contribution in [-0.4, -0.2) is 80.6 Å². The second kappa shape index (κ2) is 44.7. The summed E-state index contributed by atoms with van der Waals surface area (Å²) in [6.07, 6.45) is 49.7. The molecule has 0 saturated carbocycles. The maximum Gasteiger partial charge on any atom is 0.362 e. The van der Waals surface area contributed by atoms with Crippen LogP contribution in [0.2, 0.25) is 0 Å². The third kappa shape index (κ3) is 43.1. The number of hydrogen-bond donors (Lipinski definition) is 1. The van der Waals surface area contributed by atoms with Crippen LogP contribution in [0, 0.1) is 0 Å². The molecule has 2 unspecified atom stereocenters. The zero-order valence-electron chi connectivity index (χ0n) is 41.1. The molecule has 0 bridgehead atoms. The van der Waals surface area contributed by atoms with Gasteiger partial charge in [-0.3, -0.25) is 9.59 Å². The van der Waals surface area contributed by atoms with Crippen LogP contribution < -0.4 is 0 Å². The third-order valence-electron chi connectivity index (χ3n) is 12.2. The van der Waals surface area contributed by atoms with Crippen molar-refractivity contribution in [3.8, 4) is 0 Å². The Bertz CT molecular complexity index is 1010. The number of hydrogen-bond acceptors (Lipinski definition) is 6.